The molecular formula is C31H23O. The number of rotatable bonds is 3. The van der Waals surface area contributed by atoms with Gasteiger partial charge in [-0.1, -0.05) is 103 Å². The Kier molecular flexibility index (Phi) is 4.61. The van der Waals surface area contributed by atoms with Crippen LogP contribution in [0.5, 0.6) is 0 Å². The van der Waals surface area contributed by atoms with E-state index in [9.17, 15) is 4.79 Å². The maximum absolute atomic E-state index is 13.5. The first-order chi connectivity index (χ1) is 15.8. The molecule has 1 heteroatoms. The summed E-state index contributed by atoms with van der Waals surface area (Å²) in [6.45, 7) is 0. The second kappa shape index (κ2) is 7.76. The Balaban J connectivity index is 1.60. The summed E-state index contributed by atoms with van der Waals surface area (Å²) >= 11 is 0. The van der Waals surface area contributed by atoms with Gasteiger partial charge in [0.1, 0.15) is 0 Å². The van der Waals surface area contributed by atoms with Crippen LogP contribution in [0.3, 0.4) is 0 Å². The number of Topliss-reactive ketones (excluding diaryl/α,β-unsaturated/α-hetero) is 1. The normalized spacial score (nSPS) is 17.9. The van der Waals surface area contributed by atoms with Crippen molar-refractivity contribution in [3.8, 4) is 0 Å². The molecule has 0 saturated heterocycles. The molecule has 0 aromatic heterocycles. The van der Waals surface area contributed by atoms with E-state index in [0.717, 1.165) is 18.4 Å². The Morgan fingerprint density at radius 1 is 0.688 bits per heavy atom. The highest BCUT2D eigenvalue weighted by Crippen LogP contribution is 2.47. The maximum atomic E-state index is 13.5. The van der Waals surface area contributed by atoms with E-state index < -0.39 is 0 Å². The lowest BCUT2D eigenvalue weighted by Crippen LogP contribution is -2.22. The third-order valence-electron chi connectivity index (χ3n) is 6.99. The van der Waals surface area contributed by atoms with E-state index in [2.05, 4.69) is 66.7 Å². The minimum Gasteiger partial charge on any atom is -0.293 e. The highest BCUT2D eigenvalue weighted by atomic mass is 16.1. The Hall–Kier alpha value is -3.71. The lowest BCUT2D eigenvalue weighted by atomic mass is 9.70. The van der Waals surface area contributed by atoms with Crippen LogP contribution in [0.1, 0.15) is 51.7 Å². The van der Waals surface area contributed by atoms with E-state index in [0.29, 0.717) is 0 Å². The molecule has 1 aliphatic carbocycles. The van der Waals surface area contributed by atoms with Gasteiger partial charge in [-0.05, 0) is 57.1 Å². The minimum absolute atomic E-state index is 0.102. The highest BCUT2D eigenvalue weighted by molar-refractivity contribution is 6.10. The summed E-state index contributed by atoms with van der Waals surface area (Å²) in [6.07, 6.45) is 1.83. The van der Waals surface area contributed by atoms with Crippen LogP contribution in [-0.4, -0.2) is 5.78 Å². The Labute approximate surface area is 188 Å². The van der Waals surface area contributed by atoms with E-state index in [4.69, 9.17) is 0 Å². The Bertz CT molecular complexity index is 1430. The molecule has 1 aliphatic rings. The molecule has 0 N–H and O–H groups in total. The van der Waals surface area contributed by atoms with Gasteiger partial charge in [0.2, 0.25) is 0 Å². The third-order valence-corrected chi connectivity index (χ3v) is 6.99. The molecule has 0 bridgehead atoms. The van der Waals surface area contributed by atoms with E-state index in [1.807, 2.05) is 42.5 Å². The number of hydrogen-bond acceptors (Lipinski definition) is 1. The largest absolute Gasteiger partial charge is 0.293 e. The molecule has 153 valence electrons. The molecule has 2 atom stereocenters. The van der Waals surface area contributed by atoms with Crippen molar-refractivity contribution in [3.63, 3.8) is 0 Å². The first-order valence-electron chi connectivity index (χ1n) is 11.3. The topological polar surface area (TPSA) is 17.1 Å². The molecule has 0 spiro atoms. The van der Waals surface area contributed by atoms with Gasteiger partial charge in [-0.15, -0.1) is 0 Å². The Morgan fingerprint density at radius 3 is 2.28 bits per heavy atom. The van der Waals surface area contributed by atoms with Crippen molar-refractivity contribution in [1.29, 1.82) is 0 Å². The summed E-state index contributed by atoms with van der Waals surface area (Å²) in [4.78, 5) is 13.5. The number of carbonyl (C=O) groups is 1. The van der Waals surface area contributed by atoms with Gasteiger partial charge < -0.3 is 0 Å². The molecule has 0 saturated carbocycles. The quantitative estimate of drug-likeness (QED) is 0.220. The second-order valence-corrected chi connectivity index (χ2v) is 8.70. The number of fused-ring (bicyclic) bond motifs is 5. The van der Waals surface area contributed by atoms with Gasteiger partial charge in [0.15, 0.2) is 5.78 Å². The van der Waals surface area contributed by atoms with Crippen LogP contribution in [-0.2, 0) is 0 Å². The molecule has 0 aliphatic heterocycles. The molecule has 5 aromatic rings. The van der Waals surface area contributed by atoms with Gasteiger partial charge in [0, 0.05) is 17.4 Å². The zero-order valence-electron chi connectivity index (χ0n) is 17.8. The second-order valence-electron chi connectivity index (χ2n) is 8.70. The van der Waals surface area contributed by atoms with Crippen molar-refractivity contribution in [1.82, 2.24) is 0 Å². The minimum atomic E-state index is -0.102. The van der Waals surface area contributed by atoms with Gasteiger partial charge in [0.25, 0.3) is 0 Å². The van der Waals surface area contributed by atoms with Gasteiger partial charge in [-0.3, -0.25) is 4.79 Å². The average Bonchev–Trinajstić information content (AvgIpc) is 2.88. The van der Waals surface area contributed by atoms with Gasteiger partial charge in [0.05, 0.1) is 0 Å². The lowest BCUT2D eigenvalue weighted by molar-refractivity contribution is 0.0950. The van der Waals surface area contributed by atoms with Crippen molar-refractivity contribution in [3.05, 3.63) is 131 Å². The van der Waals surface area contributed by atoms with E-state index >= 15 is 0 Å². The summed E-state index contributed by atoms with van der Waals surface area (Å²) in [5.41, 5.74) is 4.61. The fraction of sp³-hybridized carbons (Fsp3) is 0.129. The van der Waals surface area contributed by atoms with Crippen LogP contribution in [0.2, 0.25) is 0 Å². The predicted octanol–water partition coefficient (Wildman–Crippen LogP) is 7.69. The molecule has 0 amide bonds. The first kappa shape index (κ1) is 19.0. The van der Waals surface area contributed by atoms with Gasteiger partial charge in [-0.25, -0.2) is 0 Å². The van der Waals surface area contributed by atoms with E-state index in [-0.39, 0.29) is 17.6 Å². The molecule has 1 radical (unpaired) electrons. The molecule has 32 heavy (non-hydrogen) atoms. The average molecular weight is 412 g/mol. The first-order valence-corrected chi connectivity index (χ1v) is 11.3. The molecule has 1 nitrogen and oxygen atoms in total. The lowest BCUT2D eigenvalue weighted by Gasteiger charge is -2.33. The highest BCUT2D eigenvalue weighted by Gasteiger charge is 2.34. The summed E-state index contributed by atoms with van der Waals surface area (Å²) < 4.78 is 0. The van der Waals surface area contributed by atoms with Crippen molar-refractivity contribution in [2.75, 3.05) is 0 Å². The van der Waals surface area contributed by atoms with E-state index in [1.165, 1.54) is 38.2 Å². The fourth-order valence-corrected chi connectivity index (χ4v) is 5.50. The SMILES string of the molecule is O=C(c1ccccc1)C1CCC(c2cc[c]cc2)c2c1ccc1c2ccc2ccccc21. The van der Waals surface area contributed by atoms with Crippen molar-refractivity contribution in [2.45, 2.75) is 24.7 Å². The number of carbonyl (C=O) groups excluding carboxylic acids is 1. The molecule has 0 fully saturated rings. The van der Waals surface area contributed by atoms with Crippen LogP contribution < -0.4 is 0 Å². The standard InChI is InChI=1S/C31H23O/c32-31(23-12-5-2-6-13-23)29-20-17-25(21-9-3-1-4-10-21)30-27-16-15-22-11-7-8-14-24(22)26(27)18-19-28(29)30/h2-16,18-19,25,29H,17,20H2. The van der Waals surface area contributed by atoms with Crippen molar-refractivity contribution in [2.24, 2.45) is 0 Å². The van der Waals surface area contributed by atoms with Crippen molar-refractivity contribution >= 4 is 27.3 Å². The Morgan fingerprint density at radius 2 is 1.44 bits per heavy atom. The number of hydrogen-bond donors (Lipinski definition) is 0. The zero-order valence-corrected chi connectivity index (χ0v) is 17.8. The van der Waals surface area contributed by atoms with Crippen LogP contribution in [0, 0.1) is 6.07 Å². The third kappa shape index (κ3) is 3.05. The smallest absolute Gasteiger partial charge is 0.170 e. The molecule has 5 aromatic carbocycles. The summed E-state index contributed by atoms with van der Waals surface area (Å²) in [6, 6.07) is 38.7. The number of benzene rings is 5. The maximum Gasteiger partial charge on any atom is 0.170 e. The van der Waals surface area contributed by atoms with E-state index in [1.54, 1.807) is 0 Å². The predicted molar refractivity (Wildman–Crippen MR) is 131 cm³/mol. The van der Waals surface area contributed by atoms with Crippen LogP contribution >= 0.6 is 0 Å². The summed E-state index contributed by atoms with van der Waals surface area (Å²) in [5.74, 6) is 0.408. The van der Waals surface area contributed by atoms with Crippen LogP contribution in [0.15, 0.2) is 103 Å². The summed E-state index contributed by atoms with van der Waals surface area (Å²) in [5, 5.41) is 5.05. The van der Waals surface area contributed by atoms with Crippen LogP contribution in [0.25, 0.3) is 21.5 Å². The molecule has 0 heterocycles. The number of ketones is 1. The monoisotopic (exact) mass is 411 g/mol. The molecule has 2 unspecified atom stereocenters. The summed E-state index contributed by atoms with van der Waals surface area (Å²) in [7, 11) is 0. The zero-order chi connectivity index (χ0) is 21.5. The van der Waals surface area contributed by atoms with Gasteiger partial charge in [-0.2, -0.15) is 0 Å². The molecule has 6 rings (SSSR count). The van der Waals surface area contributed by atoms with Crippen LogP contribution in [0.4, 0.5) is 0 Å². The molecular weight excluding hydrogens is 388 g/mol. The van der Waals surface area contributed by atoms with Gasteiger partial charge >= 0.3 is 0 Å². The fourth-order valence-electron chi connectivity index (χ4n) is 5.50. The van der Waals surface area contributed by atoms with Crippen molar-refractivity contribution < 1.29 is 4.79 Å².